The zero-order valence-corrected chi connectivity index (χ0v) is 26.2. The fourth-order valence-electron chi connectivity index (χ4n) is 4.23. The molecule has 0 spiro atoms. The number of rotatable bonds is 13. The van der Waals surface area contributed by atoms with Gasteiger partial charge >= 0.3 is 11.9 Å². The molecule has 0 fully saturated rings. The van der Waals surface area contributed by atoms with Gasteiger partial charge in [0.25, 0.3) is 0 Å². The normalized spacial score (nSPS) is 11.8. The van der Waals surface area contributed by atoms with Gasteiger partial charge in [0.2, 0.25) is 11.0 Å². The SMILES string of the molecule is Cc1ncc(C[n+]2csc(CCOC(=O)CC(O)C(=O)OCCc3sc[n+](Cc4cnc(C)nc4N)c3C)c2C)c(N)n1. The molecule has 4 rings (SSSR count). The van der Waals surface area contributed by atoms with Gasteiger partial charge < -0.3 is 26.0 Å². The molecule has 4 aromatic rings. The quantitative estimate of drug-likeness (QED) is 0.142. The van der Waals surface area contributed by atoms with Gasteiger partial charge in [-0.3, -0.25) is 4.79 Å². The molecule has 1 atom stereocenters. The number of anilines is 2. The van der Waals surface area contributed by atoms with Gasteiger partial charge in [-0.2, -0.15) is 9.13 Å². The lowest BCUT2D eigenvalue weighted by Gasteiger charge is -2.10. The first kappa shape index (κ1) is 31.8. The number of nitrogens with two attached hydrogens (primary N) is 2. The van der Waals surface area contributed by atoms with Crippen molar-refractivity contribution >= 4 is 46.2 Å². The van der Waals surface area contributed by atoms with Crippen LogP contribution in [0.25, 0.3) is 0 Å². The van der Waals surface area contributed by atoms with Gasteiger partial charge in [-0.25, -0.2) is 24.7 Å². The minimum atomic E-state index is -1.60. The number of esters is 2. The molecule has 0 aliphatic rings. The van der Waals surface area contributed by atoms with Gasteiger partial charge in [-0.15, -0.1) is 0 Å². The third-order valence-corrected chi connectivity index (χ3v) is 9.12. The van der Waals surface area contributed by atoms with E-state index in [9.17, 15) is 14.7 Å². The van der Waals surface area contributed by atoms with Gasteiger partial charge in [0.05, 0.1) is 40.5 Å². The number of thiazole rings is 2. The zero-order chi connectivity index (χ0) is 31.1. The minimum absolute atomic E-state index is 0.0695. The fraction of sp³-hybridized carbons (Fsp3) is 0.429. The minimum Gasteiger partial charge on any atom is -0.465 e. The standard InChI is InChI=1S/C28H36N8O5S2/c1-16-23(42-14-35(16)12-20-10-31-18(3)33-26(20)29)5-7-40-25(38)9-22(37)28(39)41-8-6-24-17(2)36(15-43-24)13-21-11-32-19(4)34-27(21)30/h10-11,14-15,22,37H,5-9,12-13H2,1-4H3,(H2,29,31,33)(H2,30,32,34)/q+2. The van der Waals surface area contributed by atoms with Crippen LogP contribution in [0, 0.1) is 27.7 Å². The number of aliphatic hydroxyl groups excluding tert-OH is 1. The Bertz CT molecular complexity index is 1610. The second-order valence-electron chi connectivity index (χ2n) is 9.98. The Morgan fingerprint density at radius 1 is 0.837 bits per heavy atom. The Kier molecular flexibility index (Phi) is 10.7. The van der Waals surface area contributed by atoms with Crippen molar-refractivity contribution in [3.8, 4) is 0 Å². The van der Waals surface area contributed by atoms with E-state index in [2.05, 4.69) is 19.9 Å². The number of ether oxygens (including phenoxy) is 2. The lowest BCUT2D eigenvalue weighted by atomic mass is 10.2. The first-order valence-corrected chi connectivity index (χ1v) is 15.4. The number of carbonyl (C=O) groups is 2. The molecule has 0 saturated carbocycles. The number of nitrogen functional groups attached to an aromatic ring is 2. The molecule has 4 heterocycles. The molecule has 0 radical (unpaired) electrons. The van der Waals surface area contributed by atoms with Crippen LogP contribution < -0.4 is 20.6 Å². The number of hydrogen-bond donors (Lipinski definition) is 3. The summed E-state index contributed by atoms with van der Waals surface area (Å²) < 4.78 is 14.6. The molecular weight excluding hydrogens is 592 g/mol. The van der Waals surface area contributed by atoms with E-state index >= 15 is 0 Å². The Morgan fingerprint density at radius 3 is 1.77 bits per heavy atom. The Hall–Kier alpha value is -4.08. The van der Waals surface area contributed by atoms with E-state index in [1.165, 1.54) is 11.3 Å². The van der Waals surface area contributed by atoms with E-state index in [4.69, 9.17) is 20.9 Å². The molecule has 0 aliphatic carbocycles. The first-order valence-electron chi connectivity index (χ1n) is 13.6. The number of aromatic nitrogens is 6. The molecule has 43 heavy (non-hydrogen) atoms. The van der Waals surface area contributed by atoms with Crippen molar-refractivity contribution in [3.63, 3.8) is 0 Å². The van der Waals surface area contributed by atoms with Crippen molar-refractivity contribution in [1.29, 1.82) is 0 Å². The topological polar surface area (TPSA) is 184 Å². The van der Waals surface area contributed by atoms with Crippen LogP contribution in [0.15, 0.2) is 23.4 Å². The largest absolute Gasteiger partial charge is 0.465 e. The van der Waals surface area contributed by atoms with E-state index in [1.807, 2.05) is 34.0 Å². The average Bonchev–Trinajstić information content (AvgIpc) is 3.48. The first-order chi connectivity index (χ1) is 20.5. The smallest absolute Gasteiger partial charge is 0.335 e. The molecule has 1 unspecified atom stereocenters. The number of hydrogen-bond acceptors (Lipinski definition) is 13. The summed E-state index contributed by atoms with van der Waals surface area (Å²) in [6.07, 6.45) is 2.33. The maximum absolute atomic E-state index is 12.3. The highest BCUT2D eigenvalue weighted by Gasteiger charge is 2.24. The van der Waals surface area contributed by atoms with E-state index < -0.39 is 24.5 Å². The van der Waals surface area contributed by atoms with Crippen molar-refractivity contribution in [1.82, 2.24) is 19.9 Å². The Balaban J connectivity index is 1.17. The summed E-state index contributed by atoms with van der Waals surface area (Å²) in [5.41, 5.74) is 19.6. The van der Waals surface area contributed by atoms with Crippen LogP contribution in [0.2, 0.25) is 0 Å². The lowest BCUT2D eigenvalue weighted by Crippen LogP contribution is -2.35. The highest BCUT2D eigenvalue weighted by molar-refractivity contribution is 7.09. The van der Waals surface area contributed by atoms with Gasteiger partial charge in [-0.1, -0.05) is 22.7 Å². The number of aliphatic hydroxyl groups is 1. The number of nitrogens with zero attached hydrogens (tertiary/aromatic N) is 6. The van der Waals surface area contributed by atoms with Crippen LogP contribution in [0.4, 0.5) is 11.6 Å². The molecule has 5 N–H and O–H groups in total. The van der Waals surface area contributed by atoms with Crippen molar-refractivity contribution in [2.45, 2.75) is 66.2 Å². The summed E-state index contributed by atoms with van der Waals surface area (Å²) in [5, 5.41) is 10.2. The molecule has 0 amide bonds. The number of carbonyl (C=O) groups excluding carboxylic acids is 2. The molecule has 15 heteroatoms. The van der Waals surface area contributed by atoms with E-state index in [0.717, 1.165) is 32.3 Å². The molecular formula is C28H36N8O5S2+2. The Labute approximate surface area is 257 Å². The third kappa shape index (κ3) is 8.49. The summed E-state index contributed by atoms with van der Waals surface area (Å²) in [6, 6.07) is 0. The maximum atomic E-state index is 12.3. The molecule has 0 aromatic carbocycles. The van der Waals surface area contributed by atoms with Gasteiger partial charge in [0.15, 0.2) is 30.6 Å². The lowest BCUT2D eigenvalue weighted by molar-refractivity contribution is -0.689. The fourth-order valence-corrected chi connectivity index (χ4v) is 6.18. The van der Waals surface area contributed by atoms with Crippen molar-refractivity contribution in [3.05, 3.63) is 67.3 Å². The molecule has 0 bridgehead atoms. The maximum Gasteiger partial charge on any atom is 0.335 e. The summed E-state index contributed by atoms with van der Waals surface area (Å²) in [7, 11) is 0. The number of aryl methyl sites for hydroxylation is 2. The van der Waals surface area contributed by atoms with E-state index in [1.54, 1.807) is 37.6 Å². The predicted molar refractivity (Wildman–Crippen MR) is 159 cm³/mol. The van der Waals surface area contributed by atoms with Crippen LogP contribution in [0.1, 0.15) is 50.3 Å². The molecule has 4 aromatic heterocycles. The summed E-state index contributed by atoms with van der Waals surface area (Å²) >= 11 is 3.07. The summed E-state index contributed by atoms with van der Waals surface area (Å²) in [5.74, 6) is 0.588. The van der Waals surface area contributed by atoms with Crippen LogP contribution in [0.3, 0.4) is 0 Å². The molecule has 228 valence electrons. The van der Waals surface area contributed by atoms with Crippen LogP contribution in [0.5, 0.6) is 0 Å². The van der Waals surface area contributed by atoms with Crippen LogP contribution in [-0.2, 0) is 45.0 Å². The van der Waals surface area contributed by atoms with Gasteiger partial charge in [0.1, 0.15) is 23.3 Å². The Morgan fingerprint density at radius 2 is 1.30 bits per heavy atom. The highest BCUT2D eigenvalue weighted by atomic mass is 32.1. The predicted octanol–water partition coefficient (Wildman–Crippen LogP) is 1.08. The third-order valence-electron chi connectivity index (χ3n) is 6.83. The summed E-state index contributed by atoms with van der Waals surface area (Å²) in [4.78, 5) is 43.4. The monoisotopic (exact) mass is 628 g/mol. The van der Waals surface area contributed by atoms with Crippen LogP contribution in [-0.4, -0.2) is 56.3 Å². The molecule has 0 aliphatic heterocycles. The van der Waals surface area contributed by atoms with E-state index in [0.29, 0.717) is 49.2 Å². The summed E-state index contributed by atoms with van der Waals surface area (Å²) in [6.45, 7) is 8.77. The molecule has 0 saturated heterocycles. The van der Waals surface area contributed by atoms with E-state index in [-0.39, 0.29) is 13.2 Å². The van der Waals surface area contributed by atoms with Gasteiger partial charge in [0, 0.05) is 39.1 Å². The van der Waals surface area contributed by atoms with Crippen LogP contribution >= 0.6 is 22.7 Å². The van der Waals surface area contributed by atoms with Crippen molar-refractivity contribution in [2.75, 3.05) is 24.7 Å². The average molecular weight is 629 g/mol. The zero-order valence-electron chi connectivity index (χ0n) is 24.6. The van der Waals surface area contributed by atoms with Gasteiger partial charge in [-0.05, 0) is 13.8 Å². The second-order valence-corrected chi connectivity index (χ2v) is 11.9. The molecule has 13 nitrogen and oxygen atoms in total. The van der Waals surface area contributed by atoms with Crippen molar-refractivity contribution < 1.29 is 33.3 Å². The highest BCUT2D eigenvalue weighted by Crippen LogP contribution is 2.16. The second kappa shape index (κ2) is 14.4. The van der Waals surface area contributed by atoms with Crippen molar-refractivity contribution in [2.24, 2.45) is 0 Å².